The first-order chi connectivity index (χ1) is 14.6. The first-order valence-corrected chi connectivity index (χ1v) is 10.4. The molecule has 0 unspecified atom stereocenters. The number of benzene rings is 2. The van der Waals surface area contributed by atoms with Crippen LogP contribution in [0, 0.1) is 6.92 Å². The quantitative estimate of drug-likeness (QED) is 0.724. The molecule has 1 aliphatic heterocycles. The van der Waals surface area contributed by atoms with Crippen molar-refractivity contribution in [1.82, 2.24) is 14.7 Å². The summed E-state index contributed by atoms with van der Waals surface area (Å²) in [5, 5.41) is 14.5. The summed E-state index contributed by atoms with van der Waals surface area (Å²) in [6.07, 6.45) is 6.46. The Hall–Kier alpha value is -3.12. The molecule has 1 N–H and O–H groups in total. The summed E-state index contributed by atoms with van der Waals surface area (Å²) in [4.78, 5) is 14.9. The molecule has 1 aromatic heterocycles. The molecule has 0 bridgehead atoms. The minimum absolute atomic E-state index is 0.0440. The molecular weight excluding hydrogens is 378 g/mol. The lowest BCUT2D eigenvalue weighted by molar-refractivity contribution is 0.0127. The van der Waals surface area contributed by atoms with E-state index in [2.05, 4.69) is 24.2 Å². The maximum atomic E-state index is 13.2. The van der Waals surface area contributed by atoms with Gasteiger partial charge in [0, 0.05) is 12.4 Å². The summed E-state index contributed by atoms with van der Waals surface area (Å²) in [6, 6.07) is 14.0. The van der Waals surface area contributed by atoms with Crippen molar-refractivity contribution in [2.45, 2.75) is 44.8 Å². The molecule has 1 amide bonds. The van der Waals surface area contributed by atoms with Gasteiger partial charge in [0.25, 0.3) is 5.91 Å². The minimum atomic E-state index is -0.461. The summed E-state index contributed by atoms with van der Waals surface area (Å²) in [5.74, 6) is 0.594. The van der Waals surface area contributed by atoms with Gasteiger partial charge in [-0.1, -0.05) is 12.1 Å². The van der Waals surface area contributed by atoms with Gasteiger partial charge in [-0.3, -0.25) is 9.69 Å². The van der Waals surface area contributed by atoms with Crippen molar-refractivity contribution in [3.8, 4) is 11.4 Å². The van der Waals surface area contributed by atoms with Gasteiger partial charge in [-0.15, -0.1) is 0 Å². The fourth-order valence-electron chi connectivity index (χ4n) is 4.49. The van der Waals surface area contributed by atoms with Gasteiger partial charge in [-0.25, -0.2) is 4.68 Å². The largest absolute Gasteiger partial charge is 0.472 e. The lowest BCUT2D eigenvalue weighted by atomic mass is 9.96. The van der Waals surface area contributed by atoms with E-state index >= 15 is 0 Å². The highest BCUT2D eigenvalue weighted by atomic mass is 16.5. The number of carbonyl (C=O) groups excluding carboxylic acids is 1. The number of rotatable bonds is 4. The number of fused-ring (bicyclic) bond motifs is 1. The topological polar surface area (TPSA) is 67.6 Å². The summed E-state index contributed by atoms with van der Waals surface area (Å²) < 4.78 is 7.72. The molecule has 3 aromatic rings. The van der Waals surface area contributed by atoms with Crippen LogP contribution in [0.5, 0.6) is 5.75 Å². The predicted molar refractivity (Wildman–Crippen MR) is 113 cm³/mol. The number of aliphatic hydroxyl groups excluding tert-OH is 1. The number of nitrogens with zero attached hydrogens (tertiary/aromatic N) is 3. The average molecular weight is 403 g/mol. The lowest BCUT2D eigenvalue weighted by Crippen LogP contribution is -2.48. The van der Waals surface area contributed by atoms with Crippen LogP contribution in [-0.2, 0) is 6.42 Å². The van der Waals surface area contributed by atoms with Gasteiger partial charge in [0.05, 0.1) is 23.4 Å². The molecule has 154 valence electrons. The minimum Gasteiger partial charge on any atom is -0.472 e. The number of aromatic nitrogens is 2. The van der Waals surface area contributed by atoms with E-state index in [-0.39, 0.29) is 18.7 Å². The van der Waals surface area contributed by atoms with Crippen molar-refractivity contribution in [3.05, 3.63) is 77.1 Å². The van der Waals surface area contributed by atoms with E-state index in [1.807, 2.05) is 41.2 Å². The van der Waals surface area contributed by atoms with Gasteiger partial charge in [0.2, 0.25) is 0 Å². The van der Waals surface area contributed by atoms with Crippen LogP contribution in [-0.4, -0.2) is 44.6 Å². The number of hydrogen-bond acceptors (Lipinski definition) is 4. The highest BCUT2D eigenvalue weighted by Gasteiger charge is 2.37. The molecule has 2 atom stereocenters. The molecule has 6 nitrogen and oxygen atoms in total. The van der Waals surface area contributed by atoms with E-state index in [0.717, 1.165) is 42.5 Å². The molecule has 0 radical (unpaired) electrons. The highest BCUT2D eigenvalue weighted by Crippen LogP contribution is 2.33. The van der Waals surface area contributed by atoms with E-state index in [1.165, 1.54) is 5.56 Å². The van der Waals surface area contributed by atoms with Crippen molar-refractivity contribution in [2.75, 3.05) is 6.73 Å². The molecule has 6 heteroatoms. The van der Waals surface area contributed by atoms with Gasteiger partial charge in [0.1, 0.15) is 5.75 Å². The summed E-state index contributed by atoms with van der Waals surface area (Å²) in [7, 11) is 0. The normalized spacial score (nSPS) is 20.9. The van der Waals surface area contributed by atoms with E-state index < -0.39 is 6.10 Å². The molecule has 1 fully saturated rings. The van der Waals surface area contributed by atoms with Crippen molar-refractivity contribution in [1.29, 1.82) is 0 Å². The highest BCUT2D eigenvalue weighted by molar-refractivity contribution is 5.98. The van der Waals surface area contributed by atoms with Crippen LogP contribution in [0.1, 0.15) is 46.3 Å². The molecular formula is C24H25N3O3. The number of hydrogen-bond donors (Lipinski definition) is 1. The molecule has 2 aromatic carbocycles. The van der Waals surface area contributed by atoms with E-state index in [9.17, 15) is 9.90 Å². The second-order valence-corrected chi connectivity index (χ2v) is 8.18. The smallest absolute Gasteiger partial charge is 0.260 e. The molecule has 0 spiro atoms. The molecule has 0 saturated heterocycles. The summed E-state index contributed by atoms with van der Waals surface area (Å²) >= 11 is 0. The van der Waals surface area contributed by atoms with Crippen LogP contribution in [0.3, 0.4) is 0 Å². The molecule has 30 heavy (non-hydrogen) atoms. The van der Waals surface area contributed by atoms with Gasteiger partial charge in [-0.05, 0) is 79.6 Å². The third-order valence-corrected chi connectivity index (χ3v) is 6.23. The third kappa shape index (κ3) is 3.37. The fraction of sp³-hybridized carbons (Fsp3) is 0.333. The third-order valence-electron chi connectivity index (χ3n) is 6.23. The number of aliphatic hydroxyl groups is 1. The van der Waals surface area contributed by atoms with Crippen molar-refractivity contribution in [3.63, 3.8) is 0 Å². The maximum absolute atomic E-state index is 13.2. The zero-order valence-electron chi connectivity index (χ0n) is 17.0. The molecule has 2 heterocycles. The Kier molecular flexibility index (Phi) is 4.79. The van der Waals surface area contributed by atoms with Crippen molar-refractivity contribution >= 4 is 5.91 Å². The Morgan fingerprint density at radius 1 is 1.20 bits per heavy atom. The summed E-state index contributed by atoms with van der Waals surface area (Å²) in [5.41, 5.74) is 4.98. The van der Waals surface area contributed by atoms with Gasteiger partial charge >= 0.3 is 0 Å². The van der Waals surface area contributed by atoms with E-state index in [1.54, 1.807) is 11.1 Å². The van der Waals surface area contributed by atoms with Crippen molar-refractivity contribution in [2.24, 2.45) is 0 Å². The lowest BCUT2D eigenvalue weighted by Gasteiger charge is -2.35. The number of carbonyl (C=O) groups is 1. The SMILES string of the molecule is Cc1cc2c(cc1Cc1ccc(-n3cccn3)cc1)C(=O)N([C@H]1CCC[C@@H]1O)CO2. The predicted octanol–water partition coefficient (Wildman–Crippen LogP) is 3.48. The molecule has 5 rings (SSSR count). The van der Waals surface area contributed by atoms with Gasteiger partial charge < -0.3 is 9.84 Å². The van der Waals surface area contributed by atoms with Crippen LogP contribution in [0.4, 0.5) is 0 Å². The molecule has 2 aliphatic rings. The second-order valence-electron chi connectivity index (χ2n) is 8.18. The van der Waals surface area contributed by atoms with Crippen LogP contribution in [0.2, 0.25) is 0 Å². The Balaban J connectivity index is 1.39. The van der Waals surface area contributed by atoms with Crippen molar-refractivity contribution < 1.29 is 14.6 Å². The standard InChI is InChI=1S/C24H25N3O3/c1-16-12-23-20(24(29)26(15-30-23)21-4-2-5-22(21)28)14-18(16)13-17-6-8-19(9-7-17)27-11-3-10-25-27/h3,6-12,14,21-22,28H,2,4-5,13,15H2,1H3/t21-,22-/m0/s1. The number of ether oxygens (including phenoxy) is 1. The van der Waals surface area contributed by atoms with E-state index in [4.69, 9.17) is 4.74 Å². The first kappa shape index (κ1) is 18.9. The first-order valence-electron chi connectivity index (χ1n) is 10.4. The summed E-state index contributed by atoms with van der Waals surface area (Å²) in [6.45, 7) is 2.26. The Bertz CT molecular complexity index is 1060. The monoisotopic (exact) mass is 403 g/mol. The molecule has 1 saturated carbocycles. The van der Waals surface area contributed by atoms with Crippen LogP contribution >= 0.6 is 0 Å². The van der Waals surface area contributed by atoms with E-state index in [0.29, 0.717) is 11.3 Å². The van der Waals surface area contributed by atoms with Crippen LogP contribution in [0.15, 0.2) is 54.9 Å². The van der Waals surface area contributed by atoms with Gasteiger partial charge in [-0.2, -0.15) is 5.10 Å². The Labute approximate surface area is 175 Å². The zero-order valence-corrected chi connectivity index (χ0v) is 17.0. The molecule has 1 aliphatic carbocycles. The zero-order chi connectivity index (χ0) is 20.7. The number of amides is 1. The average Bonchev–Trinajstić information content (AvgIpc) is 3.42. The fourth-order valence-corrected chi connectivity index (χ4v) is 4.49. The van der Waals surface area contributed by atoms with Crippen LogP contribution < -0.4 is 4.74 Å². The second kappa shape index (κ2) is 7.61. The number of aryl methyl sites for hydroxylation is 1. The Morgan fingerprint density at radius 2 is 2.03 bits per heavy atom. The Morgan fingerprint density at radius 3 is 2.73 bits per heavy atom. The van der Waals surface area contributed by atoms with Gasteiger partial charge in [0.15, 0.2) is 6.73 Å². The maximum Gasteiger partial charge on any atom is 0.260 e. The van der Waals surface area contributed by atoms with Crippen LogP contribution in [0.25, 0.3) is 5.69 Å².